The van der Waals surface area contributed by atoms with Crippen molar-refractivity contribution in [2.45, 2.75) is 33.7 Å². The maximum atomic E-state index is 12.1. The second-order valence-corrected chi connectivity index (χ2v) is 5.04. The van der Waals surface area contributed by atoms with Crippen LogP contribution in [0.2, 0.25) is 0 Å². The molecule has 0 aliphatic carbocycles. The molecule has 0 atom stereocenters. The molecule has 0 aliphatic rings. The summed E-state index contributed by atoms with van der Waals surface area (Å²) in [6, 6.07) is 0.224. The van der Waals surface area contributed by atoms with Gasteiger partial charge in [0.2, 0.25) is 0 Å². The first-order chi connectivity index (χ1) is 7.02. The number of rotatable bonds is 4. The van der Waals surface area contributed by atoms with Crippen LogP contribution in [0.5, 0.6) is 0 Å². The van der Waals surface area contributed by atoms with E-state index in [-0.39, 0.29) is 11.9 Å². The Morgan fingerprint density at radius 3 is 2.53 bits per heavy atom. The van der Waals surface area contributed by atoms with Crippen LogP contribution in [0.1, 0.15) is 38.2 Å². The van der Waals surface area contributed by atoms with Gasteiger partial charge in [-0.15, -0.1) is 11.3 Å². The fourth-order valence-corrected chi connectivity index (χ4v) is 1.91. The Bertz CT molecular complexity index is 306. The Morgan fingerprint density at radius 1 is 1.47 bits per heavy atom. The fraction of sp³-hybridized carbons (Fsp3) is 0.636. The Balaban J connectivity index is 2.76. The molecule has 0 unspecified atom stereocenters. The van der Waals surface area contributed by atoms with E-state index in [4.69, 9.17) is 0 Å². The van der Waals surface area contributed by atoms with Gasteiger partial charge >= 0.3 is 0 Å². The standard InChI is InChI=1S/C11H18N2OS/c1-8(2)5-13(9(3)4)11(14)10-6-15-7-12-10/h6-9H,5H2,1-4H3. The molecule has 0 radical (unpaired) electrons. The summed E-state index contributed by atoms with van der Waals surface area (Å²) in [6.45, 7) is 9.08. The molecule has 0 saturated heterocycles. The second kappa shape index (κ2) is 5.26. The van der Waals surface area contributed by atoms with Gasteiger partial charge in [0.15, 0.2) is 0 Å². The number of hydrogen-bond donors (Lipinski definition) is 0. The molecule has 4 heteroatoms. The highest BCUT2D eigenvalue weighted by Crippen LogP contribution is 2.11. The molecule has 0 N–H and O–H groups in total. The predicted molar refractivity (Wildman–Crippen MR) is 63.1 cm³/mol. The Kier molecular flexibility index (Phi) is 4.27. The van der Waals surface area contributed by atoms with Crippen LogP contribution >= 0.6 is 11.3 Å². The van der Waals surface area contributed by atoms with Crippen molar-refractivity contribution in [2.75, 3.05) is 6.54 Å². The van der Waals surface area contributed by atoms with Crippen molar-refractivity contribution in [1.29, 1.82) is 0 Å². The quantitative estimate of drug-likeness (QED) is 0.790. The third kappa shape index (κ3) is 3.30. The van der Waals surface area contributed by atoms with E-state index in [0.717, 1.165) is 6.54 Å². The molecule has 0 fully saturated rings. The largest absolute Gasteiger partial charge is 0.335 e. The molecule has 1 heterocycles. The number of carbonyl (C=O) groups excluding carboxylic acids is 1. The van der Waals surface area contributed by atoms with Gasteiger partial charge in [0.1, 0.15) is 5.69 Å². The first-order valence-electron chi connectivity index (χ1n) is 5.21. The van der Waals surface area contributed by atoms with Gasteiger partial charge in [-0.1, -0.05) is 13.8 Å². The van der Waals surface area contributed by atoms with Gasteiger partial charge in [-0.2, -0.15) is 0 Å². The number of carbonyl (C=O) groups is 1. The van der Waals surface area contributed by atoms with Crippen LogP contribution in [0, 0.1) is 5.92 Å². The average Bonchev–Trinajstić information content (AvgIpc) is 2.65. The van der Waals surface area contributed by atoms with E-state index in [9.17, 15) is 4.79 Å². The van der Waals surface area contributed by atoms with E-state index >= 15 is 0 Å². The normalized spacial score (nSPS) is 11.1. The minimum absolute atomic E-state index is 0.0416. The van der Waals surface area contributed by atoms with Crippen molar-refractivity contribution in [3.05, 3.63) is 16.6 Å². The summed E-state index contributed by atoms with van der Waals surface area (Å²) in [4.78, 5) is 18.0. The number of hydrogen-bond acceptors (Lipinski definition) is 3. The van der Waals surface area contributed by atoms with Crippen molar-refractivity contribution in [3.8, 4) is 0 Å². The lowest BCUT2D eigenvalue weighted by Crippen LogP contribution is -2.39. The van der Waals surface area contributed by atoms with E-state index in [0.29, 0.717) is 11.6 Å². The number of aromatic nitrogens is 1. The van der Waals surface area contributed by atoms with Crippen LogP contribution in [-0.2, 0) is 0 Å². The van der Waals surface area contributed by atoms with Crippen LogP contribution in [0.15, 0.2) is 10.9 Å². The molecule has 1 amide bonds. The maximum Gasteiger partial charge on any atom is 0.273 e. The summed E-state index contributed by atoms with van der Waals surface area (Å²) >= 11 is 1.46. The van der Waals surface area contributed by atoms with E-state index in [1.165, 1.54) is 11.3 Å². The van der Waals surface area contributed by atoms with Crippen molar-refractivity contribution in [1.82, 2.24) is 9.88 Å². The fourth-order valence-electron chi connectivity index (χ4n) is 1.39. The molecule has 1 aromatic rings. The lowest BCUT2D eigenvalue weighted by Gasteiger charge is -2.27. The molecule has 0 aliphatic heterocycles. The van der Waals surface area contributed by atoms with Gasteiger partial charge < -0.3 is 4.90 Å². The van der Waals surface area contributed by atoms with Gasteiger partial charge in [0, 0.05) is 18.0 Å². The van der Waals surface area contributed by atoms with Gasteiger partial charge in [0.05, 0.1) is 5.51 Å². The highest BCUT2D eigenvalue weighted by Gasteiger charge is 2.20. The first-order valence-corrected chi connectivity index (χ1v) is 6.15. The third-order valence-electron chi connectivity index (χ3n) is 2.10. The zero-order valence-corrected chi connectivity index (χ0v) is 10.5. The number of thiazole rings is 1. The van der Waals surface area contributed by atoms with Crippen LogP contribution in [0.25, 0.3) is 0 Å². The van der Waals surface area contributed by atoms with Crippen molar-refractivity contribution in [2.24, 2.45) is 5.92 Å². The minimum atomic E-state index is 0.0416. The van der Waals surface area contributed by atoms with Gasteiger partial charge in [-0.3, -0.25) is 4.79 Å². The van der Waals surface area contributed by atoms with Crippen LogP contribution in [0.3, 0.4) is 0 Å². The summed E-state index contributed by atoms with van der Waals surface area (Å²) in [5, 5.41) is 1.80. The van der Waals surface area contributed by atoms with E-state index in [2.05, 4.69) is 18.8 Å². The molecule has 15 heavy (non-hydrogen) atoms. The molecular formula is C11H18N2OS. The highest BCUT2D eigenvalue weighted by molar-refractivity contribution is 7.07. The summed E-state index contributed by atoms with van der Waals surface area (Å²) in [7, 11) is 0. The Morgan fingerprint density at radius 2 is 2.13 bits per heavy atom. The summed E-state index contributed by atoms with van der Waals surface area (Å²) in [6.07, 6.45) is 0. The minimum Gasteiger partial charge on any atom is -0.335 e. The molecule has 0 saturated carbocycles. The summed E-state index contributed by atoms with van der Waals surface area (Å²) in [5.41, 5.74) is 2.26. The molecule has 0 aromatic carbocycles. The first kappa shape index (κ1) is 12.2. The zero-order valence-electron chi connectivity index (χ0n) is 9.73. The van der Waals surface area contributed by atoms with E-state index in [1.807, 2.05) is 18.7 Å². The van der Waals surface area contributed by atoms with Crippen molar-refractivity contribution in [3.63, 3.8) is 0 Å². The molecule has 0 spiro atoms. The van der Waals surface area contributed by atoms with Gasteiger partial charge in [0.25, 0.3) is 5.91 Å². The SMILES string of the molecule is CC(C)CN(C(=O)c1cscn1)C(C)C. The average molecular weight is 226 g/mol. The lowest BCUT2D eigenvalue weighted by atomic mass is 10.1. The van der Waals surface area contributed by atoms with Crippen molar-refractivity contribution >= 4 is 17.2 Å². The molecule has 1 aromatic heterocycles. The van der Waals surface area contributed by atoms with Crippen LogP contribution < -0.4 is 0 Å². The van der Waals surface area contributed by atoms with E-state index < -0.39 is 0 Å². The molecular weight excluding hydrogens is 208 g/mol. The highest BCUT2D eigenvalue weighted by atomic mass is 32.1. The number of nitrogens with zero attached hydrogens (tertiary/aromatic N) is 2. The predicted octanol–water partition coefficient (Wildman–Crippen LogP) is 2.65. The van der Waals surface area contributed by atoms with Crippen LogP contribution in [0.4, 0.5) is 0 Å². The molecule has 0 bridgehead atoms. The summed E-state index contributed by atoms with van der Waals surface area (Å²) < 4.78 is 0. The van der Waals surface area contributed by atoms with Gasteiger partial charge in [-0.25, -0.2) is 4.98 Å². The molecule has 1 rings (SSSR count). The monoisotopic (exact) mass is 226 g/mol. The second-order valence-electron chi connectivity index (χ2n) is 4.32. The third-order valence-corrected chi connectivity index (χ3v) is 2.68. The smallest absolute Gasteiger partial charge is 0.273 e. The van der Waals surface area contributed by atoms with Gasteiger partial charge in [-0.05, 0) is 19.8 Å². The maximum absolute atomic E-state index is 12.1. The number of amides is 1. The van der Waals surface area contributed by atoms with Crippen LogP contribution in [-0.4, -0.2) is 28.4 Å². The zero-order chi connectivity index (χ0) is 11.4. The summed E-state index contributed by atoms with van der Waals surface area (Å²) in [5.74, 6) is 0.523. The molecule has 3 nitrogen and oxygen atoms in total. The van der Waals surface area contributed by atoms with Crippen molar-refractivity contribution < 1.29 is 4.79 Å². The molecule has 84 valence electrons. The Labute approximate surface area is 95.1 Å². The van der Waals surface area contributed by atoms with E-state index in [1.54, 1.807) is 10.9 Å². The topological polar surface area (TPSA) is 33.2 Å². The lowest BCUT2D eigenvalue weighted by molar-refractivity contribution is 0.0676. The Hall–Kier alpha value is -0.900.